The van der Waals surface area contributed by atoms with E-state index in [-0.39, 0.29) is 5.56 Å². The molecule has 0 unspecified atom stereocenters. The molecule has 0 aromatic heterocycles. The van der Waals surface area contributed by atoms with E-state index in [0.717, 1.165) is 31.6 Å². The van der Waals surface area contributed by atoms with E-state index in [1.165, 1.54) is 18.9 Å². The summed E-state index contributed by atoms with van der Waals surface area (Å²) in [6.45, 7) is 6.37. The highest BCUT2D eigenvalue weighted by atomic mass is 16.4. The molecule has 1 aliphatic heterocycles. The highest BCUT2D eigenvalue weighted by Crippen LogP contribution is 2.39. The van der Waals surface area contributed by atoms with Gasteiger partial charge in [-0.2, -0.15) is 5.26 Å². The molecule has 0 bridgehead atoms. The molecule has 1 aromatic rings. The largest absolute Gasteiger partial charge is 0.478 e. The van der Waals surface area contributed by atoms with Gasteiger partial charge in [0.2, 0.25) is 0 Å². The van der Waals surface area contributed by atoms with Gasteiger partial charge < -0.3 is 10.0 Å². The van der Waals surface area contributed by atoms with E-state index in [1.807, 2.05) is 0 Å². The summed E-state index contributed by atoms with van der Waals surface area (Å²) in [7, 11) is 0. The highest BCUT2D eigenvalue weighted by molar-refractivity contribution is 5.89. The van der Waals surface area contributed by atoms with E-state index in [0.29, 0.717) is 11.0 Å². The fourth-order valence-electron chi connectivity index (χ4n) is 3.21. The Bertz CT molecular complexity index is 561. The van der Waals surface area contributed by atoms with Crippen LogP contribution in [0.3, 0.4) is 0 Å². The third kappa shape index (κ3) is 3.02. The van der Waals surface area contributed by atoms with Gasteiger partial charge >= 0.3 is 5.97 Å². The first-order chi connectivity index (χ1) is 10.0. The van der Waals surface area contributed by atoms with Crippen molar-refractivity contribution >= 4 is 11.7 Å². The number of carbonyl (C=O) groups is 1. The molecule has 1 aromatic carbocycles. The summed E-state index contributed by atoms with van der Waals surface area (Å²) in [6, 6.07) is 6.96. The molecule has 0 spiro atoms. The van der Waals surface area contributed by atoms with E-state index in [4.69, 9.17) is 5.11 Å². The molecule has 1 saturated heterocycles. The van der Waals surface area contributed by atoms with Crippen LogP contribution in [0.5, 0.6) is 0 Å². The van der Waals surface area contributed by atoms with E-state index in [9.17, 15) is 10.1 Å². The van der Waals surface area contributed by atoms with Crippen molar-refractivity contribution in [2.24, 2.45) is 5.41 Å². The maximum atomic E-state index is 11.0. The first kappa shape index (κ1) is 15.4. The van der Waals surface area contributed by atoms with Crippen LogP contribution in [0, 0.1) is 16.7 Å². The number of aromatic carboxylic acids is 1. The molecule has 1 N–H and O–H groups in total. The summed E-state index contributed by atoms with van der Waals surface area (Å²) in [5.74, 6) is -0.993. The number of hydrogen-bond donors (Lipinski definition) is 1. The Labute approximate surface area is 126 Å². The van der Waals surface area contributed by atoms with Crippen LogP contribution in [0.25, 0.3) is 0 Å². The Kier molecular flexibility index (Phi) is 4.52. The number of nitriles is 1. The van der Waals surface area contributed by atoms with Crippen LogP contribution in [0.2, 0.25) is 0 Å². The van der Waals surface area contributed by atoms with E-state index in [1.54, 1.807) is 12.1 Å². The van der Waals surface area contributed by atoms with Crippen molar-refractivity contribution in [3.8, 4) is 6.07 Å². The molecule has 1 aliphatic rings. The molecular formula is C17H22N2O2. The predicted octanol–water partition coefficient (Wildman–Crippen LogP) is 3.66. The van der Waals surface area contributed by atoms with E-state index in [2.05, 4.69) is 24.8 Å². The molecule has 1 heterocycles. The first-order valence-corrected chi connectivity index (χ1v) is 7.57. The minimum atomic E-state index is -0.993. The lowest BCUT2D eigenvalue weighted by molar-refractivity contribution is 0.0697. The number of benzene rings is 1. The third-order valence-corrected chi connectivity index (χ3v) is 5.03. The van der Waals surface area contributed by atoms with Crippen molar-refractivity contribution in [3.05, 3.63) is 29.3 Å². The number of hydrogen-bond acceptors (Lipinski definition) is 3. The van der Waals surface area contributed by atoms with Crippen molar-refractivity contribution in [1.29, 1.82) is 5.26 Å². The number of carboxylic acids is 1. The van der Waals surface area contributed by atoms with Gasteiger partial charge in [-0.25, -0.2) is 4.79 Å². The van der Waals surface area contributed by atoms with Crippen molar-refractivity contribution in [2.45, 2.75) is 39.5 Å². The lowest BCUT2D eigenvalue weighted by atomic mass is 9.74. The van der Waals surface area contributed by atoms with E-state index < -0.39 is 5.97 Å². The maximum absolute atomic E-state index is 11.0. The van der Waals surface area contributed by atoms with Crippen LogP contribution in [0.4, 0.5) is 5.69 Å². The molecule has 0 saturated carbocycles. The first-order valence-electron chi connectivity index (χ1n) is 7.57. The van der Waals surface area contributed by atoms with Gasteiger partial charge in [-0.15, -0.1) is 0 Å². The van der Waals surface area contributed by atoms with Crippen molar-refractivity contribution in [2.75, 3.05) is 18.0 Å². The summed E-state index contributed by atoms with van der Waals surface area (Å²) in [4.78, 5) is 13.2. The number of piperidine rings is 1. The number of rotatable bonds is 4. The standard InChI is InChI=1S/C17H22N2O2/c1-3-17(4-2)7-9-19(10-8-17)15-6-5-13(16(20)21)11-14(15)12-18/h5-6,11H,3-4,7-10H2,1-2H3,(H,20,21). The van der Waals surface area contributed by atoms with Crippen molar-refractivity contribution < 1.29 is 9.90 Å². The highest BCUT2D eigenvalue weighted by Gasteiger charge is 2.31. The molecule has 2 rings (SSSR count). The van der Waals surface area contributed by atoms with E-state index >= 15 is 0 Å². The molecule has 21 heavy (non-hydrogen) atoms. The fourth-order valence-corrected chi connectivity index (χ4v) is 3.21. The molecule has 4 heteroatoms. The van der Waals surface area contributed by atoms with Gasteiger partial charge in [-0.3, -0.25) is 0 Å². The predicted molar refractivity (Wildman–Crippen MR) is 82.6 cm³/mol. The summed E-state index contributed by atoms with van der Waals surface area (Å²) in [6.07, 6.45) is 4.65. The van der Waals surface area contributed by atoms with Crippen LogP contribution >= 0.6 is 0 Å². The van der Waals surface area contributed by atoms with Crippen LogP contribution in [-0.2, 0) is 0 Å². The minimum Gasteiger partial charge on any atom is -0.478 e. The Morgan fingerprint density at radius 2 is 1.95 bits per heavy atom. The van der Waals surface area contributed by atoms with Gasteiger partial charge in [0.05, 0.1) is 16.8 Å². The smallest absolute Gasteiger partial charge is 0.335 e. The van der Waals surface area contributed by atoms with Gasteiger partial charge in [0, 0.05) is 13.1 Å². The summed E-state index contributed by atoms with van der Waals surface area (Å²) in [5.41, 5.74) is 1.92. The molecule has 0 radical (unpaired) electrons. The summed E-state index contributed by atoms with van der Waals surface area (Å²) >= 11 is 0. The second-order valence-corrected chi connectivity index (χ2v) is 5.84. The lowest BCUT2D eigenvalue weighted by Crippen LogP contribution is -2.40. The number of carboxylic acid groups (broad SMARTS) is 1. The molecule has 4 nitrogen and oxygen atoms in total. The number of nitrogens with zero attached hydrogens (tertiary/aromatic N) is 2. The summed E-state index contributed by atoms with van der Waals surface area (Å²) in [5, 5.41) is 18.3. The Hall–Kier alpha value is -2.02. The Morgan fingerprint density at radius 1 is 1.33 bits per heavy atom. The molecule has 1 fully saturated rings. The van der Waals surface area contributed by atoms with Gasteiger partial charge in [0.15, 0.2) is 0 Å². The minimum absolute atomic E-state index is 0.170. The normalized spacial score (nSPS) is 17.3. The monoisotopic (exact) mass is 286 g/mol. The Morgan fingerprint density at radius 3 is 2.43 bits per heavy atom. The molecule has 0 aliphatic carbocycles. The molecular weight excluding hydrogens is 264 g/mol. The van der Waals surface area contributed by atoms with Gasteiger partial charge in [-0.05, 0) is 36.5 Å². The maximum Gasteiger partial charge on any atom is 0.335 e. The van der Waals surface area contributed by atoms with Crippen LogP contribution in [0.1, 0.15) is 55.5 Å². The lowest BCUT2D eigenvalue weighted by Gasteiger charge is -2.42. The fraction of sp³-hybridized carbons (Fsp3) is 0.529. The van der Waals surface area contributed by atoms with Crippen molar-refractivity contribution in [1.82, 2.24) is 0 Å². The number of anilines is 1. The second-order valence-electron chi connectivity index (χ2n) is 5.84. The Balaban J connectivity index is 2.21. The van der Waals surface area contributed by atoms with Gasteiger partial charge in [-0.1, -0.05) is 26.7 Å². The van der Waals surface area contributed by atoms with Crippen LogP contribution in [0.15, 0.2) is 18.2 Å². The van der Waals surface area contributed by atoms with Gasteiger partial charge in [0.25, 0.3) is 0 Å². The SMILES string of the molecule is CCC1(CC)CCN(c2ccc(C(=O)O)cc2C#N)CC1. The second kappa shape index (κ2) is 6.17. The molecule has 112 valence electrons. The average Bonchev–Trinajstić information content (AvgIpc) is 2.54. The van der Waals surface area contributed by atoms with Gasteiger partial charge in [0.1, 0.15) is 6.07 Å². The van der Waals surface area contributed by atoms with Crippen LogP contribution < -0.4 is 4.90 Å². The molecule has 0 atom stereocenters. The van der Waals surface area contributed by atoms with Crippen molar-refractivity contribution in [3.63, 3.8) is 0 Å². The topological polar surface area (TPSA) is 64.3 Å². The third-order valence-electron chi connectivity index (χ3n) is 5.03. The zero-order valence-electron chi connectivity index (χ0n) is 12.7. The zero-order chi connectivity index (χ0) is 15.5. The molecule has 0 amide bonds. The quantitative estimate of drug-likeness (QED) is 0.917. The van der Waals surface area contributed by atoms with Crippen LogP contribution in [-0.4, -0.2) is 24.2 Å². The zero-order valence-corrected chi connectivity index (χ0v) is 12.7. The average molecular weight is 286 g/mol. The summed E-state index contributed by atoms with van der Waals surface area (Å²) < 4.78 is 0.